The van der Waals surface area contributed by atoms with Gasteiger partial charge in [-0.05, 0) is 26.7 Å². The third-order valence-corrected chi connectivity index (χ3v) is 5.12. The number of hydrogen-bond acceptors (Lipinski definition) is 5. The van der Waals surface area contributed by atoms with E-state index in [9.17, 15) is 0 Å². The summed E-state index contributed by atoms with van der Waals surface area (Å²) in [5.41, 5.74) is 2.30. The molecule has 2 atom stereocenters. The molecule has 2 N–H and O–H groups in total. The first-order valence-electron chi connectivity index (χ1n) is 7.48. The monoisotopic (exact) mass is 306 g/mol. The molecule has 0 bridgehead atoms. The van der Waals surface area contributed by atoms with E-state index in [1.54, 1.807) is 11.3 Å². The molecule has 0 aliphatic carbocycles. The zero-order chi connectivity index (χ0) is 14.7. The molecule has 3 rings (SSSR count). The summed E-state index contributed by atoms with van der Waals surface area (Å²) in [7, 11) is 0. The summed E-state index contributed by atoms with van der Waals surface area (Å²) in [6.07, 6.45) is 6.30. The van der Waals surface area contributed by atoms with Crippen LogP contribution in [0.4, 0.5) is 0 Å². The molecule has 0 spiro atoms. The Morgan fingerprint density at radius 1 is 1.48 bits per heavy atom. The number of thiazole rings is 1. The second kappa shape index (κ2) is 6.68. The molecular formula is C15H22N4OS. The number of aromatic amines is 1. The Balaban J connectivity index is 1.55. The molecule has 114 valence electrons. The van der Waals surface area contributed by atoms with E-state index < -0.39 is 0 Å². The van der Waals surface area contributed by atoms with Crippen molar-refractivity contribution in [1.82, 2.24) is 20.5 Å². The summed E-state index contributed by atoms with van der Waals surface area (Å²) in [5, 5.41) is 11.6. The van der Waals surface area contributed by atoms with Crippen molar-refractivity contribution in [3.05, 3.63) is 33.5 Å². The predicted molar refractivity (Wildman–Crippen MR) is 83.3 cm³/mol. The third kappa shape index (κ3) is 3.51. The number of rotatable bonds is 5. The van der Waals surface area contributed by atoms with Gasteiger partial charge in [-0.1, -0.05) is 0 Å². The molecule has 0 amide bonds. The van der Waals surface area contributed by atoms with Gasteiger partial charge in [0.15, 0.2) is 0 Å². The first-order valence-corrected chi connectivity index (χ1v) is 8.29. The Bertz CT molecular complexity index is 547. The van der Waals surface area contributed by atoms with Crippen LogP contribution in [0.1, 0.15) is 40.1 Å². The lowest BCUT2D eigenvalue weighted by Crippen LogP contribution is -2.31. The molecule has 0 saturated carbocycles. The van der Waals surface area contributed by atoms with Gasteiger partial charge in [-0.25, -0.2) is 4.98 Å². The van der Waals surface area contributed by atoms with Gasteiger partial charge < -0.3 is 10.1 Å². The quantitative estimate of drug-likeness (QED) is 0.891. The number of H-pyrrole nitrogens is 1. The molecule has 21 heavy (non-hydrogen) atoms. The average Bonchev–Trinajstić information content (AvgIpc) is 3.11. The van der Waals surface area contributed by atoms with E-state index in [2.05, 4.69) is 34.3 Å². The van der Waals surface area contributed by atoms with Crippen LogP contribution in [0.2, 0.25) is 0 Å². The lowest BCUT2D eigenvalue weighted by atomic mass is 9.91. The van der Waals surface area contributed by atoms with E-state index >= 15 is 0 Å². The van der Waals surface area contributed by atoms with Gasteiger partial charge in [0.25, 0.3) is 0 Å². The smallest absolute Gasteiger partial charge is 0.107 e. The molecule has 1 fully saturated rings. The van der Waals surface area contributed by atoms with Gasteiger partial charge in [0, 0.05) is 42.3 Å². The maximum absolute atomic E-state index is 5.95. The lowest BCUT2D eigenvalue weighted by Gasteiger charge is -2.31. The average molecular weight is 306 g/mol. The minimum atomic E-state index is 0.157. The van der Waals surface area contributed by atoms with E-state index in [0.29, 0.717) is 5.92 Å². The normalized spacial score (nSPS) is 22.6. The Morgan fingerprint density at radius 3 is 3.10 bits per heavy atom. The Kier molecular flexibility index (Phi) is 4.67. The zero-order valence-corrected chi connectivity index (χ0v) is 13.4. The molecule has 0 aromatic carbocycles. The van der Waals surface area contributed by atoms with Gasteiger partial charge >= 0.3 is 0 Å². The minimum absolute atomic E-state index is 0.157. The Morgan fingerprint density at radius 2 is 2.38 bits per heavy atom. The Labute approximate surface area is 129 Å². The fourth-order valence-electron chi connectivity index (χ4n) is 2.82. The number of aryl methyl sites for hydroxylation is 2. The van der Waals surface area contributed by atoms with Crippen molar-refractivity contribution in [2.75, 3.05) is 13.2 Å². The van der Waals surface area contributed by atoms with Crippen LogP contribution in [-0.4, -0.2) is 28.3 Å². The molecule has 1 aliphatic rings. The van der Waals surface area contributed by atoms with Gasteiger partial charge in [0.05, 0.1) is 18.0 Å². The highest BCUT2D eigenvalue weighted by atomic mass is 32.1. The van der Waals surface area contributed by atoms with Crippen molar-refractivity contribution < 1.29 is 4.74 Å². The molecule has 1 aliphatic heterocycles. The number of hydrogen-bond donors (Lipinski definition) is 2. The van der Waals surface area contributed by atoms with E-state index in [-0.39, 0.29) is 6.10 Å². The number of nitrogens with zero attached hydrogens (tertiary/aromatic N) is 2. The number of nitrogens with one attached hydrogen (secondary N) is 2. The topological polar surface area (TPSA) is 62.8 Å². The van der Waals surface area contributed by atoms with Crippen LogP contribution in [0.15, 0.2) is 12.4 Å². The van der Waals surface area contributed by atoms with Crippen molar-refractivity contribution in [3.63, 3.8) is 0 Å². The number of ether oxygens (including phenoxy) is 1. The maximum atomic E-state index is 5.95. The van der Waals surface area contributed by atoms with Gasteiger partial charge in [0.1, 0.15) is 5.01 Å². The van der Waals surface area contributed by atoms with Crippen molar-refractivity contribution in [2.24, 2.45) is 5.92 Å². The summed E-state index contributed by atoms with van der Waals surface area (Å²) in [6, 6.07) is 0. The first kappa shape index (κ1) is 14.7. The van der Waals surface area contributed by atoms with Crippen LogP contribution < -0.4 is 5.32 Å². The second-order valence-electron chi connectivity index (χ2n) is 5.61. The molecule has 1 saturated heterocycles. The maximum Gasteiger partial charge on any atom is 0.107 e. The fourth-order valence-corrected chi connectivity index (χ4v) is 3.72. The highest BCUT2D eigenvalue weighted by Gasteiger charge is 2.27. The molecule has 5 nitrogen and oxygen atoms in total. The standard InChI is InChI=1S/C15H22N4OS/c1-10-11(2)21-14(19-10)9-16-6-12-4-3-5-20-15(12)13-7-17-18-8-13/h7-8,12,15-16H,3-6,9H2,1-2H3,(H,17,18)/t12-,15+/m0/s1. The van der Waals surface area contributed by atoms with Crippen molar-refractivity contribution in [1.29, 1.82) is 0 Å². The van der Waals surface area contributed by atoms with E-state index in [1.807, 2.05) is 12.4 Å². The van der Waals surface area contributed by atoms with Gasteiger partial charge in [0.2, 0.25) is 0 Å². The molecule has 0 radical (unpaired) electrons. The fraction of sp³-hybridized carbons (Fsp3) is 0.600. The van der Waals surface area contributed by atoms with Crippen molar-refractivity contribution in [2.45, 2.75) is 39.3 Å². The molecule has 3 heterocycles. The molecule has 2 aromatic rings. The summed E-state index contributed by atoms with van der Waals surface area (Å²) in [6.45, 7) is 6.83. The van der Waals surface area contributed by atoms with Crippen LogP contribution in [0.3, 0.4) is 0 Å². The molecule has 2 aromatic heterocycles. The van der Waals surface area contributed by atoms with E-state index in [1.165, 1.54) is 16.3 Å². The second-order valence-corrected chi connectivity index (χ2v) is 6.89. The van der Waals surface area contributed by atoms with Crippen LogP contribution in [0.25, 0.3) is 0 Å². The lowest BCUT2D eigenvalue weighted by molar-refractivity contribution is -0.0278. The zero-order valence-electron chi connectivity index (χ0n) is 12.6. The number of aromatic nitrogens is 3. The SMILES string of the molecule is Cc1nc(CNC[C@@H]2CCCO[C@H]2c2cn[nH]c2)sc1C. The van der Waals surface area contributed by atoms with Crippen LogP contribution in [0, 0.1) is 19.8 Å². The van der Waals surface area contributed by atoms with E-state index in [0.717, 1.165) is 37.4 Å². The molecule has 0 unspecified atom stereocenters. The summed E-state index contributed by atoms with van der Waals surface area (Å²) >= 11 is 1.78. The molecular weight excluding hydrogens is 284 g/mol. The van der Waals surface area contributed by atoms with Crippen molar-refractivity contribution >= 4 is 11.3 Å². The van der Waals surface area contributed by atoms with Gasteiger partial charge in [-0.15, -0.1) is 11.3 Å². The minimum Gasteiger partial charge on any atom is -0.373 e. The van der Waals surface area contributed by atoms with Crippen LogP contribution >= 0.6 is 11.3 Å². The highest BCUT2D eigenvalue weighted by molar-refractivity contribution is 7.11. The van der Waals surface area contributed by atoms with Crippen LogP contribution in [0.5, 0.6) is 0 Å². The van der Waals surface area contributed by atoms with Crippen molar-refractivity contribution in [3.8, 4) is 0 Å². The van der Waals surface area contributed by atoms with Gasteiger partial charge in [-0.2, -0.15) is 5.10 Å². The van der Waals surface area contributed by atoms with Crippen LogP contribution in [-0.2, 0) is 11.3 Å². The third-order valence-electron chi connectivity index (χ3n) is 4.05. The summed E-state index contributed by atoms with van der Waals surface area (Å²) in [4.78, 5) is 5.88. The first-order chi connectivity index (χ1) is 10.2. The van der Waals surface area contributed by atoms with E-state index in [4.69, 9.17) is 4.74 Å². The van der Waals surface area contributed by atoms with Gasteiger partial charge in [-0.3, -0.25) is 5.10 Å². The largest absolute Gasteiger partial charge is 0.373 e. The summed E-state index contributed by atoms with van der Waals surface area (Å²) in [5.74, 6) is 0.499. The molecule has 6 heteroatoms. The summed E-state index contributed by atoms with van der Waals surface area (Å²) < 4.78 is 5.95. The predicted octanol–water partition coefficient (Wildman–Crippen LogP) is 2.74. The Hall–Kier alpha value is -1.24. The highest BCUT2D eigenvalue weighted by Crippen LogP contribution is 2.32.